The summed E-state index contributed by atoms with van der Waals surface area (Å²) in [6, 6.07) is 4.10. The van der Waals surface area contributed by atoms with Crippen molar-refractivity contribution in [2.75, 3.05) is 6.61 Å². The standard InChI is InChI=1S/C17H18N2O6/c1-4-18-14-9-12(19(22)23)5-6-13(14)15(24-8-7-11(2)3)16(17(18)21)25-10-20/h5-7,9-10H,4,8H2,1-3H3. The zero-order chi connectivity index (χ0) is 18.6. The van der Waals surface area contributed by atoms with Gasteiger partial charge in [0.15, 0.2) is 5.75 Å². The number of pyridine rings is 1. The summed E-state index contributed by atoms with van der Waals surface area (Å²) >= 11 is 0. The Morgan fingerprint density at radius 2 is 2.04 bits per heavy atom. The third-order valence-electron chi connectivity index (χ3n) is 3.57. The summed E-state index contributed by atoms with van der Waals surface area (Å²) < 4.78 is 11.8. The number of allylic oxidation sites excluding steroid dienone is 1. The molecule has 2 rings (SSSR count). The number of ether oxygens (including phenoxy) is 2. The van der Waals surface area contributed by atoms with E-state index in [1.54, 1.807) is 13.0 Å². The van der Waals surface area contributed by atoms with Crippen LogP contribution in [0.1, 0.15) is 20.8 Å². The summed E-state index contributed by atoms with van der Waals surface area (Å²) in [6.45, 7) is 6.07. The largest absolute Gasteiger partial charge is 0.485 e. The lowest BCUT2D eigenvalue weighted by molar-refractivity contribution is -0.384. The van der Waals surface area contributed by atoms with Gasteiger partial charge in [0.05, 0.1) is 10.4 Å². The van der Waals surface area contributed by atoms with Crippen LogP contribution in [0.25, 0.3) is 10.9 Å². The smallest absolute Gasteiger partial charge is 0.298 e. The minimum atomic E-state index is -0.588. The second kappa shape index (κ2) is 7.61. The van der Waals surface area contributed by atoms with Crippen LogP contribution < -0.4 is 15.0 Å². The number of nitro benzene ring substituents is 1. The molecule has 25 heavy (non-hydrogen) atoms. The molecule has 0 aliphatic rings. The molecule has 8 heteroatoms. The number of carbonyl (C=O) groups is 1. The van der Waals surface area contributed by atoms with Gasteiger partial charge in [-0.05, 0) is 32.9 Å². The van der Waals surface area contributed by atoms with E-state index in [1.165, 1.54) is 22.8 Å². The van der Waals surface area contributed by atoms with Crippen molar-refractivity contribution in [1.29, 1.82) is 0 Å². The average Bonchev–Trinajstić information content (AvgIpc) is 2.57. The van der Waals surface area contributed by atoms with Crippen molar-refractivity contribution in [3.63, 3.8) is 0 Å². The Balaban J connectivity index is 2.79. The molecule has 1 heterocycles. The van der Waals surface area contributed by atoms with Gasteiger partial charge in [-0.15, -0.1) is 0 Å². The van der Waals surface area contributed by atoms with E-state index in [0.29, 0.717) is 10.9 Å². The van der Waals surface area contributed by atoms with Gasteiger partial charge in [0.2, 0.25) is 5.75 Å². The topological polar surface area (TPSA) is 101 Å². The monoisotopic (exact) mass is 346 g/mol. The zero-order valence-electron chi connectivity index (χ0n) is 14.1. The van der Waals surface area contributed by atoms with Gasteiger partial charge in [-0.2, -0.15) is 0 Å². The first-order valence-corrected chi connectivity index (χ1v) is 7.62. The Bertz CT molecular complexity index is 909. The molecule has 0 fully saturated rings. The number of benzene rings is 1. The SMILES string of the molecule is CCn1c(=O)c(OC=O)c(OCC=C(C)C)c2ccc([N+](=O)[O-])cc21. The fraction of sp³-hybridized carbons (Fsp3) is 0.294. The molecule has 8 nitrogen and oxygen atoms in total. The molecule has 0 N–H and O–H groups in total. The number of rotatable bonds is 7. The predicted molar refractivity (Wildman–Crippen MR) is 92.2 cm³/mol. The lowest BCUT2D eigenvalue weighted by Gasteiger charge is -2.15. The maximum absolute atomic E-state index is 12.6. The third kappa shape index (κ3) is 3.68. The maximum Gasteiger partial charge on any atom is 0.298 e. The number of hydrogen-bond donors (Lipinski definition) is 0. The molecule has 0 amide bonds. The van der Waals surface area contributed by atoms with Gasteiger partial charge in [0.1, 0.15) is 6.61 Å². The highest BCUT2D eigenvalue weighted by molar-refractivity contribution is 5.90. The summed E-state index contributed by atoms with van der Waals surface area (Å²) in [4.78, 5) is 33.9. The summed E-state index contributed by atoms with van der Waals surface area (Å²) in [5.41, 5.74) is 0.620. The molecule has 2 aromatic rings. The number of carbonyl (C=O) groups excluding carboxylic acids is 1. The van der Waals surface area contributed by atoms with Crippen LogP contribution in [0.4, 0.5) is 5.69 Å². The molecule has 132 valence electrons. The van der Waals surface area contributed by atoms with Gasteiger partial charge in [-0.3, -0.25) is 19.7 Å². The predicted octanol–water partition coefficient (Wildman–Crippen LogP) is 2.81. The lowest BCUT2D eigenvalue weighted by atomic mass is 10.1. The molecule has 0 saturated heterocycles. The molecule has 1 aromatic heterocycles. The van der Waals surface area contributed by atoms with E-state index in [-0.39, 0.29) is 36.8 Å². The molecule has 0 aliphatic carbocycles. The van der Waals surface area contributed by atoms with Gasteiger partial charge in [-0.25, -0.2) is 0 Å². The molecule has 0 saturated carbocycles. The number of nitrogens with zero attached hydrogens (tertiary/aromatic N) is 2. The molecule has 1 aromatic carbocycles. The first-order valence-electron chi connectivity index (χ1n) is 7.62. The highest BCUT2D eigenvalue weighted by Gasteiger charge is 2.21. The summed E-state index contributed by atoms with van der Waals surface area (Å²) in [5, 5.41) is 11.5. The van der Waals surface area contributed by atoms with E-state index in [9.17, 15) is 19.7 Å². The fourth-order valence-electron chi connectivity index (χ4n) is 2.40. The Morgan fingerprint density at radius 1 is 1.32 bits per heavy atom. The number of aryl methyl sites for hydroxylation is 1. The van der Waals surface area contributed by atoms with Crippen molar-refractivity contribution in [3.05, 3.63) is 50.3 Å². The van der Waals surface area contributed by atoms with Gasteiger partial charge >= 0.3 is 0 Å². The van der Waals surface area contributed by atoms with E-state index >= 15 is 0 Å². The second-order valence-corrected chi connectivity index (χ2v) is 5.47. The van der Waals surface area contributed by atoms with Crippen LogP contribution in [-0.2, 0) is 11.3 Å². The molecule has 0 spiro atoms. The second-order valence-electron chi connectivity index (χ2n) is 5.47. The Labute approximate surface area is 143 Å². The van der Waals surface area contributed by atoms with Crippen LogP contribution in [0.5, 0.6) is 11.5 Å². The van der Waals surface area contributed by atoms with Gasteiger partial charge in [-0.1, -0.05) is 5.57 Å². The van der Waals surface area contributed by atoms with E-state index in [2.05, 4.69) is 0 Å². The zero-order valence-corrected chi connectivity index (χ0v) is 14.1. The van der Waals surface area contributed by atoms with Crippen molar-refractivity contribution in [2.24, 2.45) is 0 Å². The Kier molecular flexibility index (Phi) is 5.53. The van der Waals surface area contributed by atoms with E-state index < -0.39 is 10.5 Å². The average molecular weight is 346 g/mol. The van der Waals surface area contributed by atoms with Gasteiger partial charge < -0.3 is 14.0 Å². The van der Waals surface area contributed by atoms with Crippen molar-refractivity contribution >= 4 is 23.1 Å². The minimum Gasteiger partial charge on any atom is -0.485 e. The van der Waals surface area contributed by atoms with Crippen LogP contribution in [-0.4, -0.2) is 22.6 Å². The lowest BCUT2D eigenvalue weighted by Crippen LogP contribution is -2.23. The molecule has 0 bridgehead atoms. The summed E-state index contributed by atoms with van der Waals surface area (Å²) in [7, 11) is 0. The Morgan fingerprint density at radius 3 is 2.60 bits per heavy atom. The van der Waals surface area contributed by atoms with Crippen molar-refractivity contribution < 1.29 is 19.2 Å². The third-order valence-corrected chi connectivity index (χ3v) is 3.57. The molecule has 0 unspecified atom stereocenters. The molecule has 0 radical (unpaired) electrons. The quantitative estimate of drug-likeness (QED) is 0.331. The van der Waals surface area contributed by atoms with Crippen molar-refractivity contribution in [2.45, 2.75) is 27.3 Å². The number of fused-ring (bicyclic) bond motifs is 1. The summed E-state index contributed by atoms with van der Waals surface area (Å²) in [6.07, 6.45) is 1.80. The van der Waals surface area contributed by atoms with Crippen LogP contribution in [0.3, 0.4) is 0 Å². The summed E-state index contributed by atoms with van der Waals surface area (Å²) in [5.74, 6) is -0.149. The highest BCUT2D eigenvalue weighted by Crippen LogP contribution is 2.34. The van der Waals surface area contributed by atoms with Crippen LogP contribution in [0.2, 0.25) is 0 Å². The minimum absolute atomic E-state index is 0.0872. The molecular formula is C17H18N2O6. The molecular weight excluding hydrogens is 328 g/mol. The number of nitro groups is 1. The van der Waals surface area contributed by atoms with E-state index in [1.807, 2.05) is 13.8 Å². The maximum atomic E-state index is 12.6. The van der Waals surface area contributed by atoms with Crippen molar-refractivity contribution in [1.82, 2.24) is 4.57 Å². The van der Waals surface area contributed by atoms with Crippen LogP contribution >= 0.6 is 0 Å². The van der Waals surface area contributed by atoms with Crippen LogP contribution in [0, 0.1) is 10.1 Å². The normalized spacial score (nSPS) is 10.4. The fourth-order valence-corrected chi connectivity index (χ4v) is 2.40. The van der Waals surface area contributed by atoms with E-state index in [4.69, 9.17) is 9.47 Å². The first-order chi connectivity index (χ1) is 11.9. The Hall–Kier alpha value is -3.16. The number of hydrogen-bond acceptors (Lipinski definition) is 6. The van der Waals surface area contributed by atoms with E-state index in [0.717, 1.165) is 5.57 Å². The van der Waals surface area contributed by atoms with Gasteiger partial charge in [0.25, 0.3) is 17.7 Å². The van der Waals surface area contributed by atoms with Crippen LogP contribution in [0.15, 0.2) is 34.6 Å². The highest BCUT2D eigenvalue weighted by atomic mass is 16.6. The van der Waals surface area contributed by atoms with Crippen molar-refractivity contribution in [3.8, 4) is 11.5 Å². The number of aromatic nitrogens is 1. The first kappa shape index (κ1) is 18.2. The van der Waals surface area contributed by atoms with Gasteiger partial charge in [0, 0.05) is 24.1 Å². The molecule has 0 atom stereocenters. The molecule has 0 aliphatic heterocycles. The number of non-ortho nitro benzene ring substituents is 1.